The highest BCUT2D eigenvalue weighted by molar-refractivity contribution is 6.31. The molecule has 2 N–H and O–H groups in total. The van der Waals surface area contributed by atoms with Gasteiger partial charge in [-0.15, -0.1) is 0 Å². The van der Waals surface area contributed by atoms with E-state index >= 15 is 0 Å². The molecular formula is C12H12ClF4NO2. The van der Waals surface area contributed by atoms with E-state index < -0.39 is 23.7 Å². The third-order valence-corrected chi connectivity index (χ3v) is 3.34. The van der Waals surface area contributed by atoms with Crippen LogP contribution in [0.4, 0.5) is 17.6 Å². The predicted molar refractivity (Wildman–Crippen MR) is 64.7 cm³/mol. The standard InChI is InChI=1S/C12H12ClF4NO2/c1-6(2-3-18)7-4-9-10(5-8(7)13)20-12(16,17)11(14,15)19-9/h4-6H,2-3,18H2,1H3. The SMILES string of the molecule is CC(CCN)c1cc2c(cc1Cl)OC(F)(F)C(F)(F)O2. The first-order chi connectivity index (χ1) is 9.18. The minimum absolute atomic E-state index is 0.127. The molecule has 2 rings (SSSR count). The van der Waals surface area contributed by atoms with E-state index in [4.69, 9.17) is 17.3 Å². The number of ether oxygens (including phenoxy) is 2. The summed E-state index contributed by atoms with van der Waals surface area (Å²) in [5.41, 5.74) is 5.90. The predicted octanol–water partition coefficient (Wildman–Crippen LogP) is 3.75. The van der Waals surface area contributed by atoms with E-state index in [0.717, 1.165) is 6.07 Å². The number of fused-ring (bicyclic) bond motifs is 1. The van der Waals surface area contributed by atoms with Crippen LogP contribution < -0.4 is 15.2 Å². The molecule has 0 radical (unpaired) electrons. The molecule has 0 bridgehead atoms. The van der Waals surface area contributed by atoms with Gasteiger partial charge < -0.3 is 15.2 Å². The quantitative estimate of drug-likeness (QED) is 0.864. The van der Waals surface area contributed by atoms with Gasteiger partial charge in [-0.1, -0.05) is 18.5 Å². The average Bonchev–Trinajstić information content (AvgIpc) is 2.30. The van der Waals surface area contributed by atoms with Crippen molar-refractivity contribution < 1.29 is 27.0 Å². The van der Waals surface area contributed by atoms with Crippen molar-refractivity contribution in [3.63, 3.8) is 0 Å². The molecule has 20 heavy (non-hydrogen) atoms. The van der Waals surface area contributed by atoms with E-state index in [2.05, 4.69) is 9.47 Å². The Morgan fingerprint density at radius 2 is 1.65 bits per heavy atom. The molecule has 0 saturated heterocycles. The molecule has 0 saturated carbocycles. The van der Waals surface area contributed by atoms with Gasteiger partial charge in [0.05, 0.1) is 0 Å². The molecule has 0 spiro atoms. The minimum atomic E-state index is -4.74. The number of benzene rings is 1. The van der Waals surface area contributed by atoms with Crippen molar-refractivity contribution in [1.82, 2.24) is 0 Å². The molecule has 1 heterocycles. The topological polar surface area (TPSA) is 44.5 Å². The highest BCUT2D eigenvalue weighted by Gasteiger charge is 2.66. The minimum Gasteiger partial charge on any atom is -0.421 e. The molecule has 0 aliphatic carbocycles. The molecule has 3 nitrogen and oxygen atoms in total. The number of hydrogen-bond acceptors (Lipinski definition) is 3. The fraction of sp³-hybridized carbons (Fsp3) is 0.500. The van der Waals surface area contributed by atoms with Gasteiger partial charge in [-0.25, -0.2) is 0 Å². The normalized spacial score (nSPS) is 20.6. The van der Waals surface area contributed by atoms with Gasteiger partial charge in [0, 0.05) is 11.1 Å². The van der Waals surface area contributed by atoms with E-state index in [0.29, 0.717) is 18.5 Å². The van der Waals surface area contributed by atoms with E-state index in [1.807, 2.05) is 0 Å². The first kappa shape index (κ1) is 15.2. The lowest BCUT2D eigenvalue weighted by atomic mass is 9.97. The maximum absolute atomic E-state index is 13.1. The number of rotatable bonds is 3. The van der Waals surface area contributed by atoms with Gasteiger partial charge in [0.15, 0.2) is 11.5 Å². The summed E-state index contributed by atoms with van der Waals surface area (Å²) in [6, 6.07) is 2.23. The van der Waals surface area contributed by atoms with Crippen molar-refractivity contribution in [2.45, 2.75) is 31.5 Å². The summed E-state index contributed by atoms with van der Waals surface area (Å²) in [6.45, 7) is 2.16. The van der Waals surface area contributed by atoms with Crippen LogP contribution in [0.15, 0.2) is 12.1 Å². The van der Waals surface area contributed by atoms with E-state index in [1.54, 1.807) is 6.92 Å². The largest absolute Gasteiger partial charge is 0.507 e. The Kier molecular flexibility index (Phi) is 3.77. The van der Waals surface area contributed by atoms with E-state index in [1.165, 1.54) is 6.07 Å². The number of halogens is 5. The summed E-state index contributed by atoms with van der Waals surface area (Å²) in [7, 11) is 0. The molecule has 112 valence electrons. The second-order valence-corrected chi connectivity index (χ2v) is 4.94. The molecule has 1 unspecified atom stereocenters. The summed E-state index contributed by atoms with van der Waals surface area (Å²) < 4.78 is 60.3. The van der Waals surface area contributed by atoms with Crippen molar-refractivity contribution in [3.05, 3.63) is 22.7 Å². The Morgan fingerprint density at radius 3 is 2.15 bits per heavy atom. The first-order valence-corrected chi connectivity index (χ1v) is 6.23. The molecule has 0 amide bonds. The number of alkyl halides is 4. The Labute approximate surface area is 117 Å². The fourth-order valence-corrected chi connectivity index (χ4v) is 2.23. The zero-order chi connectivity index (χ0) is 15.1. The summed E-state index contributed by atoms with van der Waals surface area (Å²) in [6.07, 6.45) is -8.91. The highest BCUT2D eigenvalue weighted by atomic mass is 35.5. The molecule has 0 aromatic heterocycles. The Bertz CT molecular complexity index is 524. The van der Waals surface area contributed by atoms with Gasteiger partial charge in [-0.2, -0.15) is 17.6 Å². The molecule has 8 heteroatoms. The molecule has 0 fully saturated rings. The highest BCUT2D eigenvalue weighted by Crippen LogP contribution is 2.49. The molecule has 1 aromatic rings. The summed E-state index contributed by atoms with van der Waals surface area (Å²) >= 11 is 5.95. The lowest BCUT2D eigenvalue weighted by Gasteiger charge is -2.32. The lowest BCUT2D eigenvalue weighted by molar-refractivity contribution is -0.391. The van der Waals surface area contributed by atoms with Crippen molar-refractivity contribution >= 4 is 11.6 Å². The van der Waals surface area contributed by atoms with Gasteiger partial charge in [-0.3, -0.25) is 0 Å². The van der Waals surface area contributed by atoms with Crippen LogP contribution in [0.5, 0.6) is 11.5 Å². The molecule has 1 aliphatic heterocycles. The molecule has 1 atom stereocenters. The van der Waals surface area contributed by atoms with Crippen molar-refractivity contribution in [3.8, 4) is 11.5 Å². The third kappa shape index (κ3) is 2.52. The van der Waals surface area contributed by atoms with Gasteiger partial charge >= 0.3 is 12.2 Å². The van der Waals surface area contributed by atoms with Crippen LogP contribution in [-0.4, -0.2) is 18.8 Å². The Balaban J connectivity index is 2.42. The van der Waals surface area contributed by atoms with Gasteiger partial charge in [0.25, 0.3) is 0 Å². The van der Waals surface area contributed by atoms with Crippen molar-refractivity contribution in [1.29, 1.82) is 0 Å². The summed E-state index contributed by atoms with van der Waals surface area (Å²) in [5, 5.41) is 0.134. The van der Waals surface area contributed by atoms with E-state index in [-0.39, 0.29) is 10.9 Å². The summed E-state index contributed by atoms with van der Waals surface area (Å²) in [5.74, 6) is -1.11. The second-order valence-electron chi connectivity index (χ2n) is 4.54. The molecule has 1 aliphatic rings. The zero-order valence-corrected chi connectivity index (χ0v) is 11.2. The maximum atomic E-state index is 13.1. The first-order valence-electron chi connectivity index (χ1n) is 5.85. The van der Waals surface area contributed by atoms with Crippen LogP contribution >= 0.6 is 11.6 Å². The van der Waals surface area contributed by atoms with Crippen LogP contribution in [-0.2, 0) is 0 Å². The second kappa shape index (κ2) is 4.96. The Hall–Kier alpha value is -1.21. The molecule has 1 aromatic carbocycles. The van der Waals surface area contributed by atoms with Crippen molar-refractivity contribution in [2.24, 2.45) is 5.73 Å². The maximum Gasteiger partial charge on any atom is 0.507 e. The van der Waals surface area contributed by atoms with Crippen LogP contribution in [0.25, 0.3) is 0 Å². The van der Waals surface area contributed by atoms with Crippen molar-refractivity contribution in [2.75, 3.05) is 6.54 Å². The molecular weight excluding hydrogens is 302 g/mol. The Morgan fingerprint density at radius 1 is 1.15 bits per heavy atom. The fourth-order valence-electron chi connectivity index (χ4n) is 1.89. The zero-order valence-electron chi connectivity index (χ0n) is 10.4. The average molecular weight is 314 g/mol. The van der Waals surface area contributed by atoms with Crippen LogP contribution in [0, 0.1) is 0 Å². The van der Waals surface area contributed by atoms with Crippen LogP contribution in [0.2, 0.25) is 5.02 Å². The van der Waals surface area contributed by atoms with E-state index in [9.17, 15) is 17.6 Å². The van der Waals surface area contributed by atoms with Gasteiger partial charge in [0.1, 0.15) is 0 Å². The number of nitrogens with two attached hydrogens (primary N) is 1. The van der Waals surface area contributed by atoms with Crippen LogP contribution in [0.3, 0.4) is 0 Å². The van der Waals surface area contributed by atoms with Gasteiger partial charge in [-0.05, 0) is 30.5 Å². The lowest BCUT2D eigenvalue weighted by Crippen LogP contribution is -2.52. The van der Waals surface area contributed by atoms with Crippen LogP contribution in [0.1, 0.15) is 24.8 Å². The smallest absolute Gasteiger partial charge is 0.421 e. The monoisotopic (exact) mass is 313 g/mol. The van der Waals surface area contributed by atoms with Gasteiger partial charge in [0.2, 0.25) is 0 Å². The number of hydrogen-bond donors (Lipinski definition) is 1. The third-order valence-electron chi connectivity index (χ3n) is 3.01. The summed E-state index contributed by atoms with van der Waals surface area (Å²) in [4.78, 5) is 0.